The molecule has 1 aromatic heterocycles. The van der Waals surface area contributed by atoms with Crippen LogP contribution in [0.5, 0.6) is 5.75 Å². The predicted molar refractivity (Wildman–Crippen MR) is 85.1 cm³/mol. The van der Waals surface area contributed by atoms with Gasteiger partial charge in [0.2, 0.25) is 0 Å². The summed E-state index contributed by atoms with van der Waals surface area (Å²) in [5.74, 6) is 0.701. The lowest BCUT2D eigenvalue weighted by atomic mass is 10.3. The third-order valence-corrected chi connectivity index (χ3v) is 3.63. The van der Waals surface area contributed by atoms with Crippen molar-refractivity contribution in [3.05, 3.63) is 65.1 Å². The lowest BCUT2D eigenvalue weighted by molar-refractivity contribution is 0.0925. The van der Waals surface area contributed by atoms with Crippen molar-refractivity contribution in [2.75, 3.05) is 6.61 Å². The molecule has 0 bridgehead atoms. The number of nitrogens with zero attached hydrogens (tertiary/aromatic N) is 2. The summed E-state index contributed by atoms with van der Waals surface area (Å²) in [5.41, 5.74) is 1.53. The maximum absolute atomic E-state index is 12.3. The average Bonchev–Trinajstić information content (AvgIpc) is 2.79. The van der Waals surface area contributed by atoms with Gasteiger partial charge in [-0.2, -0.15) is 0 Å². The van der Waals surface area contributed by atoms with E-state index in [2.05, 4.69) is 0 Å². The third kappa shape index (κ3) is 2.76. The van der Waals surface area contributed by atoms with Gasteiger partial charge in [0.05, 0.1) is 17.6 Å². The summed E-state index contributed by atoms with van der Waals surface area (Å²) in [6.45, 7) is 0.340. The van der Waals surface area contributed by atoms with Crippen LogP contribution >= 0.6 is 0 Å². The highest BCUT2D eigenvalue weighted by Gasteiger charge is 2.14. The van der Waals surface area contributed by atoms with Crippen molar-refractivity contribution in [1.82, 2.24) is 9.13 Å². The molecule has 0 amide bonds. The number of hydrogen-bond donors (Lipinski definition) is 1. The molecule has 0 saturated heterocycles. The van der Waals surface area contributed by atoms with Gasteiger partial charge >= 0.3 is 5.69 Å². The van der Waals surface area contributed by atoms with Gasteiger partial charge in [0.15, 0.2) is 0 Å². The highest BCUT2D eigenvalue weighted by atomic mass is 16.5. The van der Waals surface area contributed by atoms with Gasteiger partial charge in [0.1, 0.15) is 18.5 Å². The summed E-state index contributed by atoms with van der Waals surface area (Å²) in [4.78, 5) is 12.3. The van der Waals surface area contributed by atoms with E-state index in [1.54, 1.807) is 16.2 Å². The maximum atomic E-state index is 12.3. The van der Waals surface area contributed by atoms with Gasteiger partial charge in [0.25, 0.3) is 0 Å². The number of aromatic nitrogens is 2. The average molecular weight is 298 g/mol. The van der Waals surface area contributed by atoms with Crippen LogP contribution in [0.25, 0.3) is 11.0 Å². The summed E-state index contributed by atoms with van der Waals surface area (Å²) in [5, 5.41) is 10.2. The van der Waals surface area contributed by atoms with Crippen molar-refractivity contribution in [1.29, 1.82) is 0 Å². The summed E-state index contributed by atoms with van der Waals surface area (Å²) in [6.07, 6.45) is -0.760. The number of aliphatic hydroxyl groups is 1. The first-order valence-corrected chi connectivity index (χ1v) is 7.17. The van der Waals surface area contributed by atoms with Gasteiger partial charge in [-0.05, 0) is 24.3 Å². The molecule has 5 nitrogen and oxygen atoms in total. The molecule has 3 aromatic rings. The van der Waals surface area contributed by atoms with Crippen LogP contribution in [0.15, 0.2) is 59.4 Å². The number of aliphatic hydroxyl groups excluding tert-OH is 1. The van der Waals surface area contributed by atoms with Crippen LogP contribution < -0.4 is 10.4 Å². The van der Waals surface area contributed by atoms with E-state index in [0.29, 0.717) is 5.75 Å². The molecule has 2 aromatic carbocycles. The van der Waals surface area contributed by atoms with Crippen molar-refractivity contribution in [2.45, 2.75) is 12.6 Å². The second-order valence-corrected chi connectivity index (χ2v) is 5.22. The Bertz CT molecular complexity index is 821. The van der Waals surface area contributed by atoms with Gasteiger partial charge in [-0.1, -0.05) is 30.3 Å². The fourth-order valence-electron chi connectivity index (χ4n) is 2.51. The van der Waals surface area contributed by atoms with E-state index in [0.717, 1.165) is 11.0 Å². The molecule has 1 atom stereocenters. The second kappa shape index (κ2) is 6.07. The molecule has 0 saturated carbocycles. The monoisotopic (exact) mass is 298 g/mol. The first-order valence-electron chi connectivity index (χ1n) is 7.17. The number of rotatable bonds is 5. The quantitative estimate of drug-likeness (QED) is 0.781. The molecule has 114 valence electrons. The number of imidazole rings is 1. The Labute approximate surface area is 128 Å². The highest BCUT2D eigenvalue weighted by molar-refractivity contribution is 5.75. The summed E-state index contributed by atoms with van der Waals surface area (Å²) in [7, 11) is 1.73. The van der Waals surface area contributed by atoms with Crippen molar-refractivity contribution in [3.8, 4) is 5.75 Å². The van der Waals surface area contributed by atoms with Gasteiger partial charge < -0.3 is 9.84 Å². The number of fused-ring (bicyclic) bond motifs is 1. The predicted octanol–water partition coefficient (Wildman–Crippen LogP) is 1.78. The zero-order chi connectivity index (χ0) is 15.5. The highest BCUT2D eigenvalue weighted by Crippen LogP contribution is 2.13. The Morgan fingerprint density at radius 3 is 2.41 bits per heavy atom. The Kier molecular flexibility index (Phi) is 3.98. The molecule has 5 heteroatoms. The molecule has 3 rings (SSSR count). The number of aryl methyl sites for hydroxylation is 1. The molecule has 22 heavy (non-hydrogen) atoms. The van der Waals surface area contributed by atoms with Crippen LogP contribution in [0.3, 0.4) is 0 Å². The fraction of sp³-hybridized carbons (Fsp3) is 0.235. The first-order chi connectivity index (χ1) is 10.7. The molecule has 0 unspecified atom stereocenters. The van der Waals surface area contributed by atoms with Gasteiger partial charge in [-0.15, -0.1) is 0 Å². The number of ether oxygens (including phenoxy) is 1. The molecule has 0 aliphatic carbocycles. The lowest BCUT2D eigenvalue weighted by Gasteiger charge is -2.13. The van der Waals surface area contributed by atoms with Crippen molar-refractivity contribution < 1.29 is 9.84 Å². The van der Waals surface area contributed by atoms with Crippen molar-refractivity contribution in [3.63, 3.8) is 0 Å². The Hall–Kier alpha value is -2.53. The minimum atomic E-state index is -0.760. The normalized spacial score (nSPS) is 12.5. The van der Waals surface area contributed by atoms with Crippen LogP contribution in [-0.4, -0.2) is 27.0 Å². The van der Waals surface area contributed by atoms with E-state index >= 15 is 0 Å². The van der Waals surface area contributed by atoms with Crippen LogP contribution in [-0.2, 0) is 13.6 Å². The van der Waals surface area contributed by atoms with E-state index in [9.17, 15) is 9.90 Å². The molecular formula is C17H18N2O3. The van der Waals surface area contributed by atoms with E-state index in [1.807, 2.05) is 54.6 Å². The van der Waals surface area contributed by atoms with Crippen LogP contribution in [0.2, 0.25) is 0 Å². The summed E-state index contributed by atoms with van der Waals surface area (Å²) in [6, 6.07) is 16.8. The first kappa shape index (κ1) is 14.4. The standard InChI is InChI=1S/C17H18N2O3/c1-18-15-9-5-6-10-16(15)19(17(18)21)11-13(20)12-22-14-7-3-2-4-8-14/h2-10,13,20H,11-12H2,1H3/t13-/m1/s1. The van der Waals surface area contributed by atoms with E-state index in [4.69, 9.17) is 4.74 Å². The SMILES string of the molecule is Cn1c(=O)n(C[C@@H](O)COc2ccccc2)c2ccccc21. The smallest absolute Gasteiger partial charge is 0.328 e. The van der Waals surface area contributed by atoms with Gasteiger partial charge in [-0.3, -0.25) is 9.13 Å². The van der Waals surface area contributed by atoms with Crippen LogP contribution in [0.4, 0.5) is 0 Å². The van der Waals surface area contributed by atoms with E-state index in [-0.39, 0.29) is 18.8 Å². The number of benzene rings is 2. The molecule has 0 fully saturated rings. The number of para-hydroxylation sites is 3. The van der Waals surface area contributed by atoms with Crippen molar-refractivity contribution >= 4 is 11.0 Å². The lowest BCUT2D eigenvalue weighted by Crippen LogP contribution is -2.30. The topological polar surface area (TPSA) is 56.4 Å². The van der Waals surface area contributed by atoms with Crippen LogP contribution in [0, 0.1) is 0 Å². The zero-order valence-electron chi connectivity index (χ0n) is 12.3. The van der Waals surface area contributed by atoms with Crippen molar-refractivity contribution in [2.24, 2.45) is 7.05 Å². The second-order valence-electron chi connectivity index (χ2n) is 5.22. The molecule has 0 spiro atoms. The number of hydrogen-bond acceptors (Lipinski definition) is 3. The Morgan fingerprint density at radius 1 is 1.05 bits per heavy atom. The van der Waals surface area contributed by atoms with Gasteiger partial charge in [0, 0.05) is 7.05 Å². The zero-order valence-corrected chi connectivity index (χ0v) is 12.3. The van der Waals surface area contributed by atoms with Gasteiger partial charge in [-0.25, -0.2) is 4.79 Å². The Balaban J connectivity index is 1.76. The largest absolute Gasteiger partial charge is 0.491 e. The molecule has 0 aliphatic heterocycles. The third-order valence-electron chi connectivity index (χ3n) is 3.63. The molecule has 1 N–H and O–H groups in total. The van der Waals surface area contributed by atoms with E-state index in [1.165, 1.54) is 0 Å². The minimum absolute atomic E-state index is 0.139. The summed E-state index contributed by atoms with van der Waals surface area (Å²) < 4.78 is 8.69. The summed E-state index contributed by atoms with van der Waals surface area (Å²) >= 11 is 0. The Morgan fingerprint density at radius 2 is 1.68 bits per heavy atom. The maximum Gasteiger partial charge on any atom is 0.328 e. The van der Waals surface area contributed by atoms with Crippen LogP contribution in [0.1, 0.15) is 0 Å². The van der Waals surface area contributed by atoms with E-state index < -0.39 is 6.10 Å². The molecule has 1 heterocycles. The molecule has 0 aliphatic rings. The minimum Gasteiger partial charge on any atom is -0.491 e. The molecular weight excluding hydrogens is 280 g/mol. The fourth-order valence-corrected chi connectivity index (χ4v) is 2.51. The molecule has 0 radical (unpaired) electrons.